The normalized spacial score (nSPS) is 10.1. The van der Waals surface area contributed by atoms with Crippen molar-refractivity contribution in [2.24, 2.45) is 5.84 Å². The molecule has 0 aliphatic rings. The lowest BCUT2D eigenvalue weighted by atomic mass is 10.3. The summed E-state index contributed by atoms with van der Waals surface area (Å²) in [6.45, 7) is 0. The number of nitrogens with zero attached hydrogens (tertiary/aromatic N) is 2. The third-order valence-corrected chi connectivity index (χ3v) is 2.21. The monoisotopic (exact) mass is 253 g/mol. The van der Waals surface area contributed by atoms with Crippen molar-refractivity contribution in [3.8, 4) is 0 Å². The molecule has 1 heterocycles. The first-order chi connectivity index (χ1) is 8.19. The lowest BCUT2D eigenvalue weighted by Gasteiger charge is -2.07. The van der Waals surface area contributed by atoms with Gasteiger partial charge in [0.15, 0.2) is 0 Å². The van der Waals surface area contributed by atoms with Crippen molar-refractivity contribution < 1.29 is 4.39 Å². The van der Waals surface area contributed by atoms with Gasteiger partial charge in [-0.15, -0.1) is 0 Å². The molecule has 0 saturated carbocycles. The van der Waals surface area contributed by atoms with Crippen molar-refractivity contribution in [3.63, 3.8) is 0 Å². The lowest BCUT2D eigenvalue weighted by molar-refractivity contribution is 0.632. The van der Waals surface area contributed by atoms with E-state index < -0.39 is 5.82 Å². The van der Waals surface area contributed by atoms with Gasteiger partial charge >= 0.3 is 0 Å². The van der Waals surface area contributed by atoms with Gasteiger partial charge < -0.3 is 5.32 Å². The van der Waals surface area contributed by atoms with Crippen molar-refractivity contribution >= 4 is 29.1 Å². The summed E-state index contributed by atoms with van der Waals surface area (Å²) < 4.78 is 13.4. The summed E-state index contributed by atoms with van der Waals surface area (Å²) in [4.78, 5) is 7.82. The summed E-state index contributed by atoms with van der Waals surface area (Å²) >= 11 is 5.77. The highest BCUT2D eigenvalue weighted by molar-refractivity contribution is 6.30. The van der Waals surface area contributed by atoms with Gasteiger partial charge in [-0.25, -0.2) is 15.2 Å². The van der Waals surface area contributed by atoms with E-state index in [1.165, 1.54) is 24.4 Å². The number of hydrogen-bond donors (Lipinski definition) is 3. The van der Waals surface area contributed by atoms with E-state index in [4.69, 9.17) is 17.4 Å². The average Bonchev–Trinajstić information content (AvgIpc) is 2.34. The minimum atomic E-state index is -0.421. The van der Waals surface area contributed by atoms with Crippen LogP contribution in [-0.4, -0.2) is 9.97 Å². The Kier molecular flexibility index (Phi) is 3.36. The second kappa shape index (κ2) is 4.94. The molecule has 1 aromatic heterocycles. The molecule has 2 rings (SSSR count). The zero-order valence-corrected chi connectivity index (χ0v) is 9.37. The van der Waals surface area contributed by atoms with Gasteiger partial charge in [0.25, 0.3) is 0 Å². The zero-order valence-electron chi connectivity index (χ0n) is 8.61. The number of nitrogens with one attached hydrogen (secondary N) is 2. The van der Waals surface area contributed by atoms with Crippen molar-refractivity contribution in [3.05, 3.63) is 41.3 Å². The molecule has 0 fully saturated rings. The van der Waals surface area contributed by atoms with Crippen LogP contribution in [0, 0.1) is 5.82 Å². The fourth-order valence-corrected chi connectivity index (χ4v) is 1.40. The van der Waals surface area contributed by atoms with E-state index in [2.05, 4.69) is 20.7 Å². The fourth-order valence-electron chi connectivity index (χ4n) is 1.23. The molecule has 7 heteroatoms. The average molecular weight is 254 g/mol. The summed E-state index contributed by atoms with van der Waals surface area (Å²) in [5.41, 5.74) is 2.53. The molecule has 1 aromatic carbocycles. The number of benzene rings is 1. The number of hydrogen-bond acceptors (Lipinski definition) is 5. The topological polar surface area (TPSA) is 75.9 Å². The molecule has 0 atom stereocenters. The number of anilines is 3. The van der Waals surface area contributed by atoms with Gasteiger partial charge in [0.2, 0.25) is 5.95 Å². The summed E-state index contributed by atoms with van der Waals surface area (Å²) in [7, 11) is 0. The Labute approximate surface area is 102 Å². The van der Waals surface area contributed by atoms with Crippen LogP contribution in [0.4, 0.5) is 21.8 Å². The Morgan fingerprint density at radius 2 is 2.12 bits per heavy atom. The third-order valence-electron chi connectivity index (χ3n) is 1.98. The first kappa shape index (κ1) is 11.6. The minimum Gasteiger partial charge on any atom is -0.338 e. The maximum absolute atomic E-state index is 13.4. The van der Waals surface area contributed by atoms with Crippen LogP contribution in [0.3, 0.4) is 0 Å². The molecule has 2 aromatic rings. The number of rotatable bonds is 3. The maximum Gasteiger partial charge on any atom is 0.239 e. The molecule has 0 saturated heterocycles. The summed E-state index contributed by atoms with van der Waals surface area (Å²) in [5, 5.41) is 3.21. The Bertz CT molecular complexity index is 534. The first-order valence-electron chi connectivity index (χ1n) is 4.71. The molecule has 0 spiro atoms. The van der Waals surface area contributed by atoms with Crippen LogP contribution in [0.25, 0.3) is 0 Å². The lowest BCUT2D eigenvalue weighted by Crippen LogP contribution is -2.11. The Balaban J connectivity index is 2.27. The van der Waals surface area contributed by atoms with Crippen molar-refractivity contribution in [2.75, 3.05) is 10.7 Å². The van der Waals surface area contributed by atoms with E-state index in [1.807, 2.05) is 0 Å². The molecular weight excluding hydrogens is 245 g/mol. The van der Waals surface area contributed by atoms with Crippen molar-refractivity contribution in [2.45, 2.75) is 0 Å². The number of hydrazine groups is 1. The predicted molar refractivity (Wildman–Crippen MR) is 64.5 cm³/mol. The zero-order chi connectivity index (χ0) is 12.3. The molecule has 0 bridgehead atoms. The van der Waals surface area contributed by atoms with E-state index in [0.29, 0.717) is 10.8 Å². The smallest absolute Gasteiger partial charge is 0.239 e. The van der Waals surface area contributed by atoms with Gasteiger partial charge in [0.1, 0.15) is 11.6 Å². The molecule has 0 radical (unpaired) electrons. The van der Waals surface area contributed by atoms with Gasteiger partial charge in [-0.3, -0.25) is 5.43 Å². The van der Waals surface area contributed by atoms with E-state index in [0.717, 1.165) is 0 Å². The van der Waals surface area contributed by atoms with Crippen molar-refractivity contribution in [1.82, 2.24) is 9.97 Å². The van der Waals surface area contributed by atoms with Gasteiger partial charge in [0, 0.05) is 11.2 Å². The quantitative estimate of drug-likeness (QED) is 0.578. The Hall–Kier alpha value is -1.92. The van der Waals surface area contributed by atoms with Crippen LogP contribution in [0.1, 0.15) is 0 Å². The highest BCUT2D eigenvalue weighted by atomic mass is 35.5. The van der Waals surface area contributed by atoms with Crippen LogP contribution in [-0.2, 0) is 0 Å². The molecule has 88 valence electrons. The molecular formula is C10H9ClFN5. The maximum atomic E-state index is 13.4. The van der Waals surface area contributed by atoms with E-state index in [9.17, 15) is 4.39 Å². The number of nitrogens with two attached hydrogens (primary N) is 1. The molecule has 5 nitrogen and oxygen atoms in total. The van der Waals surface area contributed by atoms with E-state index in [1.54, 1.807) is 6.07 Å². The summed E-state index contributed by atoms with van der Waals surface area (Å²) in [6, 6.07) is 5.79. The van der Waals surface area contributed by atoms with Gasteiger partial charge in [-0.2, -0.15) is 4.98 Å². The minimum absolute atomic E-state index is 0.234. The molecule has 0 aliphatic carbocycles. The molecule has 17 heavy (non-hydrogen) atoms. The summed E-state index contributed by atoms with van der Waals surface area (Å²) in [6.07, 6.45) is 1.49. The van der Waals surface area contributed by atoms with Gasteiger partial charge in [0.05, 0.1) is 5.69 Å². The predicted octanol–water partition coefficient (Wildman–Crippen LogP) is 2.30. The SMILES string of the molecule is NNc1nccc(Nc2cc(Cl)ccc2F)n1. The highest BCUT2D eigenvalue weighted by Crippen LogP contribution is 2.22. The van der Waals surface area contributed by atoms with E-state index >= 15 is 0 Å². The first-order valence-corrected chi connectivity index (χ1v) is 5.08. The highest BCUT2D eigenvalue weighted by Gasteiger charge is 2.04. The summed E-state index contributed by atoms with van der Waals surface area (Å²) in [5.74, 6) is 5.39. The number of halogens is 2. The number of nitrogen functional groups attached to an aromatic ring is 1. The second-order valence-electron chi connectivity index (χ2n) is 3.16. The molecule has 4 N–H and O–H groups in total. The van der Waals surface area contributed by atoms with Gasteiger partial charge in [-0.1, -0.05) is 11.6 Å². The fraction of sp³-hybridized carbons (Fsp3) is 0. The van der Waals surface area contributed by atoms with Crippen LogP contribution in [0.5, 0.6) is 0 Å². The second-order valence-corrected chi connectivity index (χ2v) is 3.60. The van der Waals surface area contributed by atoms with Crippen LogP contribution < -0.4 is 16.6 Å². The molecule has 0 aliphatic heterocycles. The van der Waals surface area contributed by atoms with Crippen LogP contribution >= 0.6 is 11.6 Å². The third kappa shape index (κ3) is 2.80. The number of aromatic nitrogens is 2. The van der Waals surface area contributed by atoms with Crippen molar-refractivity contribution in [1.29, 1.82) is 0 Å². The van der Waals surface area contributed by atoms with Gasteiger partial charge in [-0.05, 0) is 24.3 Å². The molecule has 0 unspecified atom stereocenters. The van der Waals surface area contributed by atoms with Crippen LogP contribution in [0.2, 0.25) is 5.02 Å². The standard InChI is InChI=1S/C10H9ClFN5/c11-6-1-2-7(12)8(5-6)15-9-3-4-14-10(16-9)17-13/h1-5H,13H2,(H2,14,15,16,17). The Morgan fingerprint density at radius 1 is 1.29 bits per heavy atom. The Morgan fingerprint density at radius 3 is 2.88 bits per heavy atom. The van der Waals surface area contributed by atoms with E-state index in [-0.39, 0.29) is 11.6 Å². The molecule has 0 amide bonds. The largest absolute Gasteiger partial charge is 0.338 e. The van der Waals surface area contributed by atoms with Crippen LogP contribution in [0.15, 0.2) is 30.5 Å².